The molecule has 7 nitrogen and oxygen atoms in total. The zero-order valence-corrected chi connectivity index (χ0v) is 17.3. The molecular formula is C22H20F3N5O2. The Bertz CT molecular complexity index is 1180. The Morgan fingerprint density at radius 2 is 1.91 bits per heavy atom. The zero-order chi connectivity index (χ0) is 23.2. The van der Waals surface area contributed by atoms with Crippen molar-refractivity contribution in [2.75, 3.05) is 11.1 Å². The highest BCUT2D eigenvalue weighted by atomic mass is 19.4. The molecule has 0 aliphatic carbocycles. The summed E-state index contributed by atoms with van der Waals surface area (Å²) in [5.74, 6) is -1.45. The fourth-order valence-electron chi connectivity index (χ4n) is 4.00. The lowest BCUT2D eigenvalue weighted by Crippen LogP contribution is -2.29. The summed E-state index contributed by atoms with van der Waals surface area (Å²) in [7, 11) is 0. The number of nitrogens with zero attached hydrogens (tertiary/aromatic N) is 3. The van der Waals surface area contributed by atoms with Crippen molar-refractivity contribution in [3.63, 3.8) is 0 Å². The third kappa shape index (κ3) is 3.72. The Hall–Kier alpha value is -3.69. The molecule has 0 spiro atoms. The second kappa shape index (κ2) is 7.77. The topological polar surface area (TPSA) is 103 Å². The number of Topliss-reactive ketones (excluding diaryl/α,β-unsaturated/α-hetero) is 1. The zero-order valence-electron chi connectivity index (χ0n) is 17.3. The molecule has 1 aliphatic rings. The second-order valence-electron chi connectivity index (χ2n) is 7.81. The van der Waals surface area contributed by atoms with E-state index in [0.717, 1.165) is 12.1 Å². The summed E-state index contributed by atoms with van der Waals surface area (Å²) in [5.41, 5.74) is 6.77. The van der Waals surface area contributed by atoms with E-state index < -0.39 is 23.6 Å². The van der Waals surface area contributed by atoms with Gasteiger partial charge in [0.2, 0.25) is 0 Å². The number of anilines is 2. The summed E-state index contributed by atoms with van der Waals surface area (Å²) >= 11 is 0. The number of fused-ring (bicyclic) bond motifs is 1. The number of carbonyl (C=O) groups is 2. The van der Waals surface area contributed by atoms with Crippen molar-refractivity contribution in [3.05, 3.63) is 70.7 Å². The number of halogens is 3. The number of benzene rings is 1. The number of hydrogen-bond donors (Lipinski definition) is 2. The van der Waals surface area contributed by atoms with Crippen molar-refractivity contribution < 1.29 is 22.8 Å². The van der Waals surface area contributed by atoms with Crippen LogP contribution in [-0.2, 0) is 6.18 Å². The number of nitrogen functional groups attached to an aromatic ring is 1. The first-order valence-electron chi connectivity index (χ1n) is 9.89. The molecule has 166 valence electrons. The first kappa shape index (κ1) is 21.5. The molecule has 1 aliphatic heterocycles. The fourth-order valence-corrected chi connectivity index (χ4v) is 4.00. The number of alkyl halides is 3. The predicted octanol–water partition coefficient (Wildman–Crippen LogP) is 4.37. The maximum Gasteiger partial charge on any atom is 0.416 e. The van der Waals surface area contributed by atoms with E-state index in [4.69, 9.17) is 5.73 Å². The molecule has 1 aromatic carbocycles. The Morgan fingerprint density at radius 3 is 2.53 bits per heavy atom. The van der Waals surface area contributed by atoms with Gasteiger partial charge in [0.1, 0.15) is 11.5 Å². The van der Waals surface area contributed by atoms with Gasteiger partial charge in [-0.1, -0.05) is 12.1 Å². The van der Waals surface area contributed by atoms with Crippen molar-refractivity contribution in [1.29, 1.82) is 0 Å². The molecule has 4 rings (SSSR count). The first-order chi connectivity index (χ1) is 15.1. The minimum atomic E-state index is -4.45. The Balaban J connectivity index is 1.66. The molecule has 1 unspecified atom stereocenters. The van der Waals surface area contributed by atoms with Gasteiger partial charge in [0, 0.05) is 6.20 Å². The second-order valence-corrected chi connectivity index (χ2v) is 7.81. The van der Waals surface area contributed by atoms with Gasteiger partial charge in [-0.05, 0) is 49.6 Å². The lowest BCUT2D eigenvalue weighted by atomic mass is 9.84. The monoisotopic (exact) mass is 443 g/mol. The van der Waals surface area contributed by atoms with Gasteiger partial charge in [-0.3, -0.25) is 14.3 Å². The van der Waals surface area contributed by atoms with E-state index >= 15 is 0 Å². The number of ketones is 1. The molecule has 10 heteroatoms. The third-order valence-electron chi connectivity index (χ3n) is 5.64. The van der Waals surface area contributed by atoms with Gasteiger partial charge in [0.25, 0.3) is 5.91 Å². The normalized spacial score (nSPS) is 18.3. The van der Waals surface area contributed by atoms with E-state index in [2.05, 4.69) is 15.4 Å². The molecule has 0 fully saturated rings. The van der Waals surface area contributed by atoms with Gasteiger partial charge in [-0.2, -0.15) is 18.3 Å². The average Bonchev–Trinajstić information content (AvgIpc) is 3.14. The SMILES string of the molecule is Cc1ccnc(N)c1C(=O)Nc1cnn2c1C(=O)C(c1ccc(C(F)(F)F)cc1)C[C@@H]2C. The van der Waals surface area contributed by atoms with Crippen molar-refractivity contribution in [2.45, 2.75) is 38.4 Å². The van der Waals surface area contributed by atoms with Gasteiger partial charge in [-0.15, -0.1) is 0 Å². The molecular weight excluding hydrogens is 423 g/mol. The highest BCUT2D eigenvalue weighted by Crippen LogP contribution is 2.39. The highest BCUT2D eigenvalue weighted by Gasteiger charge is 2.37. The van der Waals surface area contributed by atoms with Crippen LogP contribution in [0, 0.1) is 6.92 Å². The maximum atomic E-state index is 13.3. The molecule has 32 heavy (non-hydrogen) atoms. The summed E-state index contributed by atoms with van der Waals surface area (Å²) in [6, 6.07) is 6.02. The molecule has 0 saturated carbocycles. The van der Waals surface area contributed by atoms with Crippen LogP contribution in [0.5, 0.6) is 0 Å². The number of pyridine rings is 1. The molecule has 2 aromatic heterocycles. The van der Waals surface area contributed by atoms with Crippen LogP contribution in [0.3, 0.4) is 0 Å². The van der Waals surface area contributed by atoms with Gasteiger partial charge >= 0.3 is 6.18 Å². The molecule has 0 saturated heterocycles. The van der Waals surface area contributed by atoms with Crippen LogP contribution in [0.2, 0.25) is 0 Å². The van der Waals surface area contributed by atoms with Crippen LogP contribution in [0.25, 0.3) is 0 Å². The lowest BCUT2D eigenvalue weighted by Gasteiger charge is -2.28. The standard InChI is InChI=1S/C22H20F3N5O2/c1-11-7-8-27-20(26)17(11)21(32)29-16-10-28-30-12(2)9-15(19(31)18(16)30)13-3-5-14(6-4-13)22(23,24)25/h3-8,10,12,15H,9H2,1-2H3,(H2,26,27)(H,29,32)/t12-,15?/m0/s1. The number of carbonyl (C=O) groups excluding carboxylic acids is 2. The number of hydrogen-bond acceptors (Lipinski definition) is 5. The van der Waals surface area contributed by atoms with E-state index in [1.165, 1.54) is 29.2 Å². The summed E-state index contributed by atoms with van der Waals surface area (Å²) in [6.45, 7) is 3.57. The first-order valence-corrected chi connectivity index (χ1v) is 9.89. The van der Waals surface area contributed by atoms with E-state index in [1.54, 1.807) is 13.0 Å². The lowest BCUT2D eigenvalue weighted by molar-refractivity contribution is -0.137. The largest absolute Gasteiger partial charge is 0.416 e. The summed E-state index contributed by atoms with van der Waals surface area (Å²) < 4.78 is 40.2. The Labute approximate surface area is 181 Å². The number of nitrogens with two attached hydrogens (primary N) is 1. The summed E-state index contributed by atoms with van der Waals surface area (Å²) in [4.78, 5) is 30.1. The Morgan fingerprint density at radius 1 is 1.22 bits per heavy atom. The number of aromatic nitrogens is 3. The number of amides is 1. The smallest absolute Gasteiger partial charge is 0.383 e. The van der Waals surface area contributed by atoms with Crippen molar-refractivity contribution in [3.8, 4) is 0 Å². The molecule has 1 amide bonds. The Kier molecular flexibility index (Phi) is 5.23. The van der Waals surface area contributed by atoms with Crippen molar-refractivity contribution >= 4 is 23.2 Å². The van der Waals surface area contributed by atoms with Gasteiger partial charge in [-0.25, -0.2) is 4.98 Å². The molecule has 0 radical (unpaired) electrons. The maximum absolute atomic E-state index is 13.3. The minimum absolute atomic E-state index is 0.0610. The number of nitrogens with one attached hydrogen (secondary N) is 1. The number of aryl methyl sites for hydroxylation is 1. The van der Waals surface area contributed by atoms with E-state index in [9.17, 15) is 22.8 Å². The van der Waals surface area contributed by atoms with Crippen molar-refractivity contribution in [1.82, 2.24) is 14.8 Å². The third-order valence-corrected chi connectivity index (χ3v) is 5.64. The van der Waals surface area contributed by atoms with Gasteiger partial charge in [0.15, 0.2) is 5.78 Å². The van der Waals surface area contributed by atoms with Gasteiger partial charge < -0.3 is 11.1 Å². The number of rotatable bonds is 3. The van der Waals surface area contributed by atoms with E-state index in [-0.39, 0.29) is 34.6 Å². The predicted molar refractivity (Wildman–Crippen MR) is 111 cm³/mol. The van der Waals surface area contributed by atoms with Crippen LogP contribution in [-0.4, -0.2) is 26.5 Å². The molecule has 0 bridgehead atoms. The molecule has 2 atom stereocenters. The molecule has 3 aromatic rings. The fraction of sp³-hybridized carbons (Fsp3) is 0.273. The van der Waals surface area contributed by atoms with Crippen LogP contribution in [0.1, 0.15) is 62.8 Å². The van der Waals surface area contributed by atoms with Crippen molar-refractivity contribution in [2.24, 2.45) is 0 Å². The van der Waals surface area contributed by atoms with Crippen LogP contribution < -0.4 is 11.1 Å². The van der Waals surface area contributed by atoms with Crippen LogP contribution in [0.15, 0.2) is 42.7 Å². The van der Waals surface area contributed by atoms with Gasteiger partial charge in [0.05, 0.1) is 35.0 Å². The molecule has 3 N–H and O–H groups in total. The summed E-state index contributed by atoms with van der Waals surface area (Å²) in [5, 5.41) is 6.93. The van der Waals surface area contributed by atoms with E-state index in [1.807, 2.05) is 6.92 Å². The highest BCUT2D eigenvalue weighted by molar-refractivity contribution is 6.12. The minimum Gasteiger partial charge on any atom is -0.383 e. The van der Waals surface area contributed by atoms with Crippen LogP contribution >= 0.6 is 0 Å². The van der Waals surface area contributed by atoms with E-state index in [0.29, 0.717) is 17.5 Å². The molecule has 3 heterocycles. The quantitative estimate of drug-likeness (QED) is 0.626. The summed E-state index contributed by atoms with van der Waals surface area (Å²) in [6.07, 6.45) is -1.20. The van der Waals surface area contributed by atoms with Crippen LogP contribution in [0.4, 0.5) is 24.7 Å². The average molecular weight is 443 g/mol.